The molecule has 9 heteroatoms. The zero-order valence-corrected chi connectivity index (χ0v) is 13.2. The number of aromatic nitrogens is 4. The molecule has 3 aromatic rings. The van der Waals surface area contributed by atoms with Gasteiger partial charge < -0.3 is 10.1 Å². The molecule has 0 amide bonds. The van der Waals surface area contributed by atoms with Gasteiger partial charge in [0.25, 0.3) is 5.82 Å². The Morgan fingerprint density at radius 3 is 2.80 bits per heavy atom. The van der Waals surface area contributed by atoms with E-state index in [2.05, 4.69) is 20.6 Å². The molecule has 0 radical (unpaired) electrons. The van der Waals surface area contributed by atoms with Crippen LogP contribution in [0.5, 0.6) is 5.75 Å². The van der Waals surface area contributed by atoms with Crippen molar-refractivity contribution in [3.8, 4) is 5.75 Å². The summed E-state index contributed by atoms with van der Waals surface area (Å²) in [7, 11) is 1.62. The van der Waals surface area contributed by atoms with Gasteiger partial charge in [0, 0.05) is 0 Å². The van der Waals surface area contributed by atoms with Crippen LogP contribution >= 0.6 is 0 Å². The van der Waals surface area contributed by atoms with Gasteiger partial charge in [0.2, 0.25) is 0 Å². The Labute approximate surface area is 140 Å². The fourth-order valence-electron chi connectivity index (χ4n) is 3.18. The summed E-state index contributed by atoms with van der Waals surface area (Å²) in [5.74, 6) is 0.0153. The second-order valence-electron chi connectivity index (χ2n) is 5.77. The van der Waals surface area contributed by atoms with Gasteiger partial charge in [-0.3, -0.25) is 0 Å². The van der Waals surface area contributed by atoms with Crippen molar-refractivity contribution in [2.45, 2.75) is 25.1 Å². The van der Waals surface area contributed by atoms with Crippen molar-refractivity contribution in [2.75, 3.05) is 12.4 Å². The lowest BCUT2D eigenvalue weighted by Crippen LogP contribution is -2.14. The van der Waals surface area contributed by atoms with Crippen molar-refractivity contribution in [3.05, 3.63) is 47.3 Å². The van der Waals surface area contributed by atoms with Gasteiger partial charge in [-0.2, -0.15) is 17.7 Å². The van der Waals surface area contributed by atoms with E-state index in [1.54, 1.807) is 13.2 Å². The third kappa shape index (κ3) is 2.65. The topological polar surface area (TPSA) is 64.3 Å². The van der Waals surface area contributed by atoms with Crippen LogP contribution in [-0.4, -0.2) is 26.9 Å². The van der Waals surface area contributed by atoms with Gasteiger partial charge in [-0.05, 0) is 42.2 Å². The van der Waals surface area contributed by atoms with Crippen LogP contribution in [0.15, 0.2) is 30.3 Å². The van der Waals surface area contributed by atoms with E-state index in [-0.39, 0.29) is 11.7 Å². The van der Waals surface area contributed by atoms with Gasteiger partial charge in [0.05, 0.1) is 13.2 Å². The molecule has 25 heavy (non-hydrogen) atoms. The maximum atomic E-state index is 13.0. The number of rotatable bonds is 3. The maximum absolute atomic E-state index is 13.0. The Balaban J connectivity index is 1.67. The number of nitrogens with one attached hydrogen (secondary N) is 1. The molecule has 1 N–H and O–H groups in total. The highest BCUT2D eigenvalue weighted by Gasteiger charge is 2.37. The van der Waals surface area contributed by atoms with Crippen LogP contribution in [0, 0.1) is 0 Å². The SMILES string of the molecule is COc1cccc2c1CCC2Nc1ccc2nnc(C(F)(F)F)n2n1. The third-order valence-corrected chi connectivity index (χ3v) is 4.29. The Hall–Kier alpha value is -2.84. The molecular weight excluding hydrogens is 335 g/mol. The number of hydrogen-bond donors (Lipinski definition) is 1. The lowest BCUT2D eigenvalue weighted by atomic mass is 10.1. The summed E-state index contributed by atoms with van der Waals surface area (Å²) in [5.41, 5.74) is 2.23. The van der Waals surface area contributed by atoms with E-state index in [0.29, 0.717) is 10.3 Å². The first-order chi connectivity index (χ1) is 12.0. The zero-order valence-electron chi connectivity index (χ0n) is 13.2. The molecular formula is C16H14F3N5O. The van der Waals surface area contributed by atoms with Gasteiger partial charge in [0.15, 0.2) is 5.65 Å². The van der Waals surface area contributed by atoms with Crippen LogP contribution in [0.2, 0.25) is 0 Å². The van der Waals surface area contributed by atoms with E-state index < -0.39 is 12.0 Å². The Bertz CT molecular complexity index is 937. The van der Waals surface area contributed by atoms with Crippen molar-refractivity contribution in [1.29, 1.82) is 0 Å². The quantitative estimate of drug-likeness (QED) is 0.786. The minimum absolute atomic E-state index is 0.0409. The van der Waals surface area contributed by atoms with Crippen LogP contribution in [0.25, 0.3) is 5.65 Å². The monoisotopic (exact) mass is 349 g/mol. The molecule has 0 fully saturated rings. The van der Waals surface area contributed by atoms with E-state index in [1.807, 2.05) is 18.2 Å². The predicted molar refractivity (Wildman–Crippen MR) is 83.5 cm³/mol. The molecule has 130 valence electrons. The second kappa shape index (κ2) is 5.61. The molecule has 1 aliphatic carbocycles. The average molecular weight is 349 g/mol. The third-order valence-electron chi connectivity index (χ3n) is 4.29. The molecule has 6 nitrogen and oxygen atoms in total. The number of alkyl halides is 3. The summed E-state index contributed by atoms with van der Waals surface area (Å²) in [6, 6.07) is 8.80. The number of hydrogen-bond acceptors (Lipinski definition) is 5. The molecule has 0 bridgehead atoms. The number of ether oxygens (including phenoxy) is 1. The number of benzene rings is 1. The zero-order chi connectivity index (χ0) is 17.6. The lowest BCUT2D eigenvalue weighted by molar-refractivity contribution is -0.146. The summed E-state index contributed by atoms with van der Waals surface area (Å²) in [6.45, 7) is 0. The van der Waals surface area contributed by atoms with Gasteiger partial charge >= 0.3 is 6.18 Å². The molecule has 0 spiro atoms. The molecule has 2 aromatic heterocycles. The minimum atomic E-state index is -4.61. The largest absolute Gasteiger partial charge is 0.496 e. The number of anilines is 1. The summed E-state index contributed by atoms with van der Waals surface area (Å²) in [6.07, 6.45) is -2.97. The lowest BCUT2D eigenvalue weighted by Gasteiger charge is -2.15. The standard InChI is InChI=1S/C16H14F3N5O/c1-25-12-4-2-3-9-10(12)5-6-11(9)20-13-7-8-14-21-22-15(16(17,18)19)24(14)23-13/h2-4,7-8,11H,5-6H2,1H3,(H,20,23). The maximum Gasteiger partial charge on any atom is 0.453 e. The van der Waals surface area contributed by atoms with Gasteiger partial charge in [-0.25, -0.2) is 0 Å². The molecule has 1 atom stereocenters. The summed E-state index contributed by atoms with van der Waals surface area (Å²) in [4.78, 5) is 0. The van der Waals surface area contributed by atoms with Gasteiger partial charge in [-0.1, -0.05) is 12.1 Å². The van der Waals surface area contributed by atoms with Crippen molar-refractivity contribution in [3.63, 3.8) is 0 Å². The van der Waals surface area contributed by atoms with Crippen LogP contribution < -0.4 is 10.1 Å². The molecule has 2 heterocycles. The van der Waals surface area contributed by atoms with E-state index in [1.165, 1.54) is 6.07 Å². The van der Waals surface area contributed by atoms with Crippen LogP contribution in [-0.2, 0) is 12.6 Å². The summed E-state index contributed by atoms with van der Waals surface area (Å²) >= 11 is 0. The molecule has 4 rings (SSSR count). The van der Waals surface area contributed by atoms with E-state index in [4.69, 9.17) is 4.74 Å². The first-order valence-electron chi connectivity index (χ1n) is 7.69. The second-order valence-corrected chi connectivity index (χ2v) is 5.77. The molecule has 0 saturated carbocycles. The highest BCUT2D eigenvalue weighted by molar-refractivity contribution is 5.50. The van der Waals surface area contributed by atoms with E-state index in [0.717, 1.165) is 29.7 Å². The minimum Gasteiger partial charge on any atom is -0.496 e. The van der Waals surface area contributed by atoms with Crippen LogP contribution in [0.3, 0.4) is 0 Å². The number of halogens is 3. The summed E-state index contributed by atoms with van der Waals surface area (Å²) < 4.78 is 45.0. The average Bonchev–Trinajstić information content (AvgIpc) is 3.18. The van der Waals surface area contributed by atoms with E-state index >= 15 is 0 Å². The van der Waals surface area contributed by atoms with Crippen LogP contribution in [0.1, 0.15) is 29.4 Å². The fraction of sp³-hybridized carbons (Fsp3) is 0.312. The Kier molecular flexibility index (Phi) is 3.52. The molecule has 0 aliphatic heterocycles. The highest BCUT2D eigenvalue weighted by atomic mass is 19.4. The molecule has 1 aromatic carbocycles. The number of methoxy groups -OCH3 is 1. The number of nitrogens with zero attached hydrogens (tertiary/aromatic N) is 4. The summed E-state index contributed by atoms with van der Waals surface area (Å²) in [5, 5.41) is 13.9. The molecule has 1 aliphatic rings. The first-order valence-corrected chi connectivity index (χ1v) is 7.69. The fourth-order valence-corrected chi connectivity index (χ4v) is 3.18. The number of fused-ring (bicyclic) bond motifs is 2. The van der Waals surface area contributed by atoms with Crippen molar-refractivity contribution in [2.24, 2.45) is 0 Å². The molecule has 0 saturated heterocycles. The van der Waals surface area contributed by atoms with Crippen molar-refractivity contribution in [1.82, 2.24) is 19.8 Å². The normalized spacial score (nSPS) is 16.9. The van der Waals surface area contributed by atoms with Gasteiger partial charge in [0.1, 0.15) is 11.6 Å². The first kappa shape index (κ1) is 15.7. The Morgan fingerprint density at radius 1 is 1.20 bits per heavy atom. The van der Waals surface area contributed by atoms with Crippen LogP contribution in [0.4, 0.5) is 19.0 Å². The van der Waals surface area contributed by atoms with Gasteiger partial charge in [-0.15, -0.1) is 15.3 Å². The predicted octanol–water partition coefficient (Wildman–Crippen LogP) is 3.25. The highest BCUT2D eigenvalue weighted by Crippen LogP contribution is 2.38. The van der Waals surface area contributed by atoms with E-state index in [9.17, 15) is 13.2 Å². The van der Waals surface area contributed by atoms with Crippen molar-refractivity contribution < 1.29 is 17.9 Å². The Morgan fingerprint density at radius 2 is 2.04 bits per heavy atom. The van der Waals surface area contributed by atoms with Crippen molar-refractivity contribution >= 4 is 11.5 Å². The smallest absolute Gasteiger partial charge is 0.453 e. The molecule has 1 unspecified atom stereocenters.